The highest BCUT2D eigenvalue weighted by Crippen LogP contribution is 2.30. The van der Waals surface area contributed by atoms with E-state index in [9.17, 15) is 4.79 Å². The molecule has 3 aromatic rings. The molecule has 2 aromatic heterocycles. The third kappa shape index (κ3) is 2.23. The van der Waals surface area contributed by atoms with E-state index in [2.05, 4.69) is 15.0 Å². The van der Waals surface area contributed by atoms with Crippen LogP contribution < -0.4 is 0 Å². The van der Waals surface area contributed by atoms with Crippen LogP contribution in [0.1, 0.15) is 5.56 Å². The summed E-state index contributed by atoms with van der Waals surface area (Å²) >= 11 is 5.82. The number of nitrogens with zero attached hydrogens (tertiary/aromatic N) is 2. The number of rotatable bonds is 3. The van der Waals surface area contributed by atoms with E-state index in [-0.39, 0.29) is 11.7 Å². The number of benzene rings is 1. The lowest BCUT2D eigenvalue weighted by Gasteiger charge is -2.05. The van der Waals surface area contributed by atoms with Crippen LogP contribution in [-0.2, 0) is 11.2 Å². The van der Waals surface area contributed by atoms with Crippen molar-refractivity contribution >= 4 is 28.5 Å². The fraction of sp³-hybridized carbons (Fsp3) is 0.0714. The van der Waals surface area contributed by atoms with Crippen LogP contribution >= 0.6 is 11.6 Å². The summed E-state index contributed by atoms with van der Waals surface area (Å²) in [6.07, 6.45) is 3.24. The maximum atomic E-state index is 11.0. The van der Waals surface area contributed by atoms with Gasteiger partial charge in [0.05, 0.1) is 12.1 Å². The highest BCUT2D eigenvalue weighted by molar-refractivity contribution is 6.28. The third-order valence-corrected chi connectivity index (χ3v) is 3.21. The number of hydrogen-bond acceptors (Lipinski definition) is 3. The Hall–Kier alpha value is -2.40. The standard InChI is InChI=1S/C14H10ClN3O2/c15-14-16-5-4-10(18-14)9-2-1-3-11-13(9)8(7-17-11)6-12(19)20/h1-5,7,17H,6H2,(H,19,20). The molecule has 0 atom stereocenters. The Labute approximate surface area is 119 Å². The second kappa shape index (κ2) is 4.94. The normalized spacial score (nSPS) is 10.8. The molecule has 0 saturated carbocycles. The second-order valence-corrected chi connectivity index (χ2v) is 4.66. The molecule has 5 nitrogen and oxygen atoms in total. The van der Waals surface area contributed by atoms with Crippen LogP contribution in [-0.4, -0.2) is 26.0 Å². The first-order valence-corrected chi connectivity index (χ1v) is 6.32. The van der Waals surface area contributed by atoms with Gasteiger partial charge in [-0.15, -0.1) is 0 Å². The van der Waals surface area contributed by atoms with Crippen molar-refractivity contribution in [3.05, 3.63) is 47.5 Å². The number of halogens is 1. The molecule has 0 radical (unpaired) electrons. The molecular weight excluding hydrogens is 278 g/mol. The Morgan fingerprint density at radius 2 is 2.20 bits per heavy atom. The molecule has 20 heavy (non-hydrogen) atoms. The number of carboxylic acids is 1. The topological polar surface area (TPSA) is 78.9 Å². The minimum atomic E-state index is -0.874. The maximum absolute atomic E-state index is 11.0. The lowest BCUT2D eigenvalue weighted by Crippen LogP contribution is -1.99. The lowest BCUT2D eigenvalue weighted by molar-refractivity contribution is -0.136. The summed E-state index contributed by atoms with van der Waals surface area (Å²) in [5, 5.41) is 10.0. The van der Waals surface area contributed by atoms with Gasteiger partial charge in [-0.1, -0.05) is 12.1 Å². The number of hydrogen-bond donors (Lipinski definition) is 2. The van der Waals surface area contributed by atoms with Crippen molar-refractivity contribution < 1.29 is 9.90 Å². The lowest BCUT2D eigenvalue weighted by atomic mass is 10.0. The van der Waals surface area contributed by atoms with E-state index in [0.717, 1.165) is 22.0 Å². The average Bonchev–Trinajstić information content (AvgIpc) is 2.81. The fourth-order valence-corrected chi connectivity index (χ4v) is 2.40. The molecule has 6 heteroatoms. The number of carboxylic acid groups (broad SMARTS) is 1. The average molecular weight is 288 g/mol. The number of H-pyrrole nitrogens is 1. The molecule has 0 fully saturated rings. The zero-order valence-corrected chi connectivity index (χ0v) is 11.1. The van der Waals surface area contributed by atoms with Gasteiger partial charge in [-0.2, -0.15) is 0 Å². The number of fused-ring (bicyclic) bond motifs is 1. The largest absolute Gasteiger partial charge is 0.481 e. The van der Waals surface area contributed by atoms with E-state index in [1.165, 1.54) is 0 Å². The van der Waals surface area contributed by atoms with Crippen LogP contribution in [0.3, 0.4) is 0 Å². The van der Waals surface area contributed by atoms with Crippen molar-refractivity contribution in [2.75, 3.05) is 0 Å². The summed E-state index contributed by atoms with van der Waals surface area (Å²) in [7, 11) is 0. The number of carbonyl (C=O) groups is 1. The Kier molecular flexibility index (Phi) is 3.12. The SMILES string of the molecule is O=C(O)Cc1c[nH]c2cccc(-c3ccnc(Cl)n3)c12. The molecule has 2 N–H and O–H groups in total. The minimum absolute atomic E-state index is 0.0458. The summed E-state index contributed by atoms with van der Waals surface area (Å²) in [5.41, 5.74) is 3.09. The Morgan fingerprint density at radius 3 is 2.95 bits per heavy atom. The molecule has 0 spiro atoms. The third-order valence-electron chi connectivity index (χ3n) is 3.03. The van der Waals surface area contributed by atoms with E-state index in [1.807, 2.05) is 18.2 Å². The summed E-state index contributed by atoms with van der Waals surface area (Å²) in [4.78, 5) is 22.1. The maximum Gasteiger partial charge on any atom is 0.307 e. The Morgan fingerprint density at radius 1 is 1.35 bits per heavy atom. The second-order valence-electron chi connectivity index (χ2n) is 4.32. The molecule has 100 valence electrons. The molecule has 2 heterocycles. The van der Waals surface area contributed by atoms with Crippen LogP contribution in [0.2, 0.25) is 5.28 Å². The highest BCUT2D eigenvalue weighted by Gasteiger charge is 2.13. The van der Waals surface area contributed by atoms with E-state index >= 15 is 0 Å². The number of aliphatic carboxylic acids is 1. The van der Waals surface area contributed by atoms with E-state index in [0.29, 0.717) is 5.69 Å². The summed E-state index contributed by atoms with van der Waals surface area (Å²) in [5.74, 6) is -0.874. The Bertz CT molecular complexity index is 798. The zero-order chi connectivity index (χ0) is 14.1. The van der Waals surface area contributed by atoms with Gasteiger partial charge in [-0.25, -0.2) is 9.97 Å². The molecule has 0 saturated heterocycles. The van der Waals surface area contributed by atoms with Gasteiger partial charge in [0.25, 0.3) is 0 Å². The van der Waals surface area contributed by atoms with Gasteiger partial charge in [-0.05, 0) is 29.3 Å². The first kappa shape index (κ1) is 12.6. The van der Waals surface area contributed by atoms with Crippen molar-refractivity contribution in [1.29, 1.82) is 0 Å². The van der Waals surface area contributed by atoms with Gasteiger partial charge < -0.3 is 10.1 Å². The van der Waals surface area contributed by atoms with Gasteiger partial charge in [0.15, 0.2) is 0 Å². The minimum Gasteiger partial charge on any atom is -0.481 e. The number of nitrogens with one attached hydrogen (secondary N) is 1. The predicted molar refractivity (Wildman–Crippen MR) is 75.7 cm³/mol. The number of aromatic nitrogens is 3. The van der Waals surface area contributed by atoms with E-state index in [4.69, 9.17) is 16.7 Å². The van der Waals surface area contributed by atoms with Crippen molar-refractivity contribution in [2.24, 2.45) is 0 Å². The molecule has 0 bridgehead atoms. The van der Waals surface area contributed by atoms with Crippen LogP contribution in [0.5, 0.6) is 0 Å². The summed E-state index contributed by atoms with van der Waals surface area (Å²) in [6.45, 7) is 0. The van der Waals surface area contributed by atoms with E-state index < -0.39 is 5.97 Å². The van der Waals surface area contributed by atoms with Gasteiger partial charge >= 0.3 is 5.97 Å². The molecule has 0 aliphatic carbocycles. The Balaban J connectivity index is 2.24. The van der Waals surface area contributed by atoms with Crippen molar-refractivity contribution in [2.45, 2.75) is 6.42 Å². The molecule has 0 amide bonds. The quantitative estimate of drug-likeness (QED) is 0.726. The number of aromatic amines is 1. The molecular formula is C14H10ClN3O2. The van der Waals surface area contributed by atoms with Gasteiger partial charge in [0.1, 0.15) is 0 Å². The first-order valence-electron chi connectivity index (χ1n) is 5.95. The van der Waals surface area contributed by atoms with Crippen LogP contribution in [0.4, 0.5) is 0 Å². The monoisotopic (exact) mass is 287 g/mol. The first-order chi connectivity index (χ1) is 9.65. The van der Waals surface area contributed by atoms with Crippen molar-refractivity contribution in [1.82, 2.24) is 15.0 Å². The van der Waals surface area contributed by atoms with Gasteiger partial charge in [0.2, 0.25) is 5.28 Å². The van der Waals surface area contributed by atoms with Crippen LogP contribution in [0.25, 0.3) is 22.2 Å². The summed E-state index contributed by atoms with van der Waals surface area (Å²) < 4.78 is 0. The molecule has 1 aromatic carbocycles. The molecule has 0 unspecified atom stereocenters. The zero-order valence-electron chi connectivity index (χ0n) is 10.3. The van der Waals surface area contributed by atoms with E-state index in [1.54, 1.807) is 18.5 Å². The predicted octanol–water partition coefficient (Wildman–Crippen LogP) is 2.91. The molecule has 3 rings (SSSR count). The van der Waals surface area contributed by atoms with Gasteiger partial charge in [-0.3, -0.25) is 4.79 Å². The van der Waals surface area contributed by atoms with Crippen LogP contribution in [0.15, 0.2) is 36.7 Å². The summed E-state index contributed by atoms with van der Waals surface area (Å²) in [6, 6.07) is 7.42. The smallest absolute Gasteiger partial charge is 0.307 e. The van der Waals surface area contributed by atoms with Crippen LogP contribution in [0, 0.1) is 0 Å². The molecule has 0 aliphatic heterocycles. The highest BCUT2D eigenvalue weighted by atomic mass is 35.5. The van der Waals surface area contributed by atoms with Crippen molar-refractivity contribution in [3.8, 4) is 11.3 Å². The van der Waals surface area contributed by atoms with Crippen molar-refractivity contribution in [3.63, 3.8) is 0 Å². The molecule has 0 aliphatic rings. The van der Waals surface area contributed by atoms with Gasteiger partial charge in [0, 0.05) is 28.9 Å². The fourth-order valence-electron chi connectivity index (χ4n) is 2.26.